The lowest BCUT2D eigenvalue weighted by molar-refractivity contribution is 0.0557. The van der Waals surface area contributed by atoms with Crippen molar-refractivity contribution < 1.29 is 41.5 Å². The largest absolute Gasteiger partial charge is 0.399 e. The maximum Gasteiger partial charge on any atom is 0.399 e. The van der Waals surface area contributed by atoms with Gasteiger partial charge in [0.2, 0.25) is 5.78 Å². The Kier molecular flexibility index (Phi) is 11.7. The molecule has 0 fully saturated rings. The Hall–Kier alpha value is -3.05. The molecule has 5 aromatic rings. The fourth-order valence-electron chi connectivity index (χ4n) is 5.10. The second-order valence-corrected chi connectivity index (χ2v) is 16.4. The van der Waals surface area contributed by atoms with Gasteiger partial charge in [0.05, 0.1) is 24.0 Å². The Balaban J connectivity index is 1.39. The Morgan fingerprint density at radius 2 is 1.47 bits per heavy atom. The van der Waals surface area contributed by atoms with Gasteiger partial charge in [-0.2, -0.15) is 20.5 Å². The van der Waals surface area contributed by atoms with Crippen molar-refractivity contribution in [3.63, 3.8) is 0 Å². The standard InChI is InChI=1S/C35H32BrF2NO7P2S/c1-3-45-47(41,46-4-2)32-20-28(19-27-15-17-31(39-33(27)32)34(40)26-8-6-5-7-9-26)25-13-10-23(11-14-25)21-49-22-24-12-16-29(30(36)18-24)35(37,38)48(42,43)44/h5-20H,3-4,21-22H2,1-2H3,(H2,42,43,44). The summed E-state index contributed by atoms with van der Waals surface area (Å²) in [6, 6.07) is 27.5. The van der Waals surface area contributed by atoms with Crippen LogP contribution in [-0.2, 0) is 35.3 Å². The zero-order chi connectivity index (χ0) is 35.4. The molecule has 5 rings (SSSR count). The molecule has 49 heavy (non-hydrogen) atoms. The quantitative estimate of drug-likeness (QED) is 0.0837. The monoisotopic (exact) mass is 789 g/mol. The molecule has 8 nitrogen and oxygen atoms in total. The molecule has 0 aliphatic heterocycles. The zero-order valence-electron chi connectivity index (χ0n) is 26.4. The smallest absolute Gasteiger partial charge is 0.320 e. The van der Waals surface area contributed by atoms with Gasteiger partial charge in [-0.25, -0.2) is 4.98 Å². The van der Waals surface area contributed by atoms with E-state index in [2.05, 4.69) is 20.9 Å². The summed E-state index contributed by atoms with van der Waals surface area (Å²) in [7, 11) is -9.50. The first-order valence-electron chi connectivity index (χ1n) is 15.1. The molecule has 1 heterocycles. The minimum absolute atomic E-state index is 0.0783. The van der Waals surface area contributed by atoms with E-state index in [1.54, 1.807) is 68.1 Å². The second-order valence-electron chi connectivity index (χ2n) is 10.9. The van der Waals surface area contributed by atoms with Crippen LogP contribution in [0.25, 0.3) is 22.0 Å². The number of alkyl halides is 2. The first kappa shape index (κ1) is 37.2. The number of nitrogens with zero attached hydrogens (tertiary/aromatic N) is 1. The summed E-state index contributed by atoms with van der Waals surface area (Å²) < 4.78 is 65.1. The average molecular weight is 791 g/mol. The summed E-state index contributed by atoms with van der Waals surface area (Å²) >= 11 is 4.57. The van der Waals surface area contributed by atoms with Crippen molar-refractivity contribution in [2.75, 3.05) is 13.2 Å². The van der Waals surface area contributed by atoms with Crippen LogP contribution in [-0.4, -0.2) is 33.8 Å². The van der Waals surface area contributed by atoms with Crippen molar-refractivity contribution in [1.82, 2.24) is 4.98 Å². The number of carbonyl (C=O) groups is 1. The van der Waals surface area contributed by atoms with E-state index >= 15 is 0 Å². The van der Waals surface area contributed by atoms with Crippen molar-refractivity contribution in [1.29, 1.82) is 0 Å². The number of halogens is 3. The molecule has 0 radical (unpaired) electrons. The van der Waals surface area contributed by atoms with Crippen molar-refractivity contribution in [2.24, 2.45) is 0 Å². The molecule has 1 aromatic heterocycles. The number of benzene rings is 4. The van der Waals surface area contributed by atoms with Gasteiger partial charge in [-0.05, 0) is 60.4 Å². The number of rotatable bonds is 14. The fourth-order valence-corrected chi connectivity index (χ4v) is 9.15. The first-order valence-corrected chi connectivity index (χ1v) is 20.2. The van der Waals surface area contributed by atoms with Gasteiger partial charge in [-0.15, -0.1) is 0 Å². The maximum atomic E-state index is 14.2. The Bertz CT molecular complexity index is 2070. The molecule has 0 aliphatic rings. The molecule has 0 spiro atoms. The number of pyridine rings is 1. The lowest BCUT2D eigenvalue weighted by Gasteiger charge is -2.20. The van der Waals surface area contributed by atoms with Crippen LogP contribution in [0.5, 0.6) is 0 Å². The number of hydrogen-bond donors (Lipinski definition) is 2. The van der Waals surface area contributed by atoms with Crippen molar-refractivity contribution in [3.8, 4) is 11.1 Å². The lowest BCUT2D eigenvalue weighted by atomic mass is 10.0. The SMILES string of the molecule is CCOP(=O)(OCC)c1cc(-c2ccc(CSCc3ccc(C(F)(F)P(=O)(O)O)c(Br)c3)cc2)cc2ccc(C(=O)c3ccccc3)nc12. The van der Waals surface area contributed by atoms with Gasteiger partial charge in [0.15, 0.2) is 0 Å². The van der Waals surface area contributed by atoms with Gasteiger partial charge < -0.3 is 18.8 Å². The highest BCUT2D eigenvalue weighted by molar-refractivity contribution is 9.10. The van der Waals surface area contributed by atoms with Crippen LogP contribution in [0.3, 0.4) is 0 Å². The number of carbonyl (C=O) groups excluding carboxylic acids is 1. The van der Waals surface area contributed by atoms with Crippen LogP contribution < -0.4 is 5.30 Å². The van der Waals surface area contributed by atoms with E-state index in [4.69, 9.17) is 18.8 Å². The number of fused-ring (bicyclic) bond motifs is 1. The predicted molar refractivity (Wildman–Crippen MR) is 193 cm³/mol. The number of thioether (sulfide) groups is 1. The van der Waals surface area contributed by atoms with Gasteiger partial charge in [0.1, 0.15) is 5.69 Å². The molecule has 256 valence electrons. The summed E-state index contributed by atoms with van der Waals surface area (Å²) in [5.74, 6) is 0.815. The molecule has 0 aliphatic carbocycles. The second kappa shape index (κ2) is 15.5. The molecule has 0 amide bonds. The Labute approximate surface area is 295 Å². The zero-order valence-corrected chi connectivity index (χ0v) is 30.6. The minimum Gasteiger partial charge on any atom is -0.320 e. The van der Waals surface area contributed by atoms with Crippen LogP contribution >= 0.6 is 42.9 Å². The molecule has 0 saturated heterocycles. The molecule has 4 aromatic carbocycles. The van der Waals surface area contributed by atoms with Gasteiger partial charge in [-0.1, -0.05) is 88.7 Å². The minimum atomic E-state index is -5.68. The van der Waals surface area contributed by atoms with Crippen LogP contribution in [0.2, 0.25) is 0 Å². The highest BCUT2D eigenvalue weighted by atomic mass is 79.9. The third-order valence-electron chi connectivity index (χ3n) is 7.48. The van der Waals surface area contributed by atoms with E-state index in [0.717, 1.165) is 22.8 Å². The van der Waals surface area contributed by atoms with Gasteiger partial charge in [0.25, 0.3) is 0 Å². The third-order valence-corrected chi connectivity index (χ3v) is 12.3. The van der Waals surface area contributed by atoms with E-state index in [-0.39, 0.29) is 34.5 Å². The summed E-state index contributed by atoms with van der Waals surface area (Å²) in [6.45, 7) is 3.73. The average Bonchev–Trinajstić information content (AvgIpc) is 3.07. The maximum absolute atomic E-state index is 14.2. The fraction of sp³-hybridized carbons (Fsp3) is 0.200. The van der Waals surface area contributed by atoms with Crippen molar-refractivity contribution in [3.05, 3.63) is 129 Å². The van der Waals surface area contributed by atoms with Crippen LogP contribution in [0.1, 0.15) is 46.6 Å². The van der Waals surface area contributed by atoms with E-state index in [0.29, 0.717) is 33.5 Å². The van der Waals surface area contributed by atoms with E-state index < -0.39 is 26.4 Å². The normalized spacial score (nSPS) is 12.4. The van der Waals surface area contributed by atoms with Gasteiger partial charge in [0, 0.05) is 32.5 Å². The molecule has 0 atom stereocenters. The highest BCUT2D eigenvalue weighted by Gasteiger charge is 2.51. The topological polar surface area (TPSA) is 123 Å². The summed E-state index contributed by atoms with van der Waals surface area (Å²) in [5.41, 5.74) is -0.722. The molecule has 2 N–H and O–H groups in total. The van der Waals surface area contributed by atoms with E-state index in [1.165, 1.54) is 12.1 Å². The van der Waals surface area contributed by atoms with Crippen molar-refractivity contribution in [2.45, 2.75) is 31.0 Å². The number of hydrogen-bond acceptors (Lipinski definition) is 7. The van der Waals surface area contributed by atoms with Crippen LogP contribution in [0.15, 0.2) is 102 Å². The van der Waals surface area contributed by atoms with E-state index in [9.17, 15) is 22.7 Å². The highest BCUT2D eigenvalue weighted by Crippen LogP contribution is 2.60. The third kappa shape index (κ3) is 8.30. The Morgan fingerprint density at radius 1 is 0.837 bits per heavy atom. The first-order chi connectivity index (χ1) is 23.3. The van der Waals surface area contributed by atoms with Crippen LogP contribution in [0.4, 0.5) is 8.78 Å². The molecule has 0 bridgehead atoms. The number of aromatic nitrogens is 1. The summed E-state index contributed by atoms with van der Waals surface area (Å²) in [4.78, 5) is 36.0. The molecule has 0 saturated carbocycles. The number of ketones is 1. The van der Waals surface area contributed by atoms with Gasteiger partial charge in [-0.3, -0.25) is 13.9 Å². The summed E-state index contributed by atoms with van der Waals surface area (Å²) in [6.07, 6.45) is 0. The molecule has 0 unspecified atom stereocenters. The molecule has 14 heteroatoms. The molecular weight excluding hydrogens is 758 g/mol. The lowest BCUT2D eigenvalue weighted by Crippen LogP contribution is -2.15. The predicted octanol–water partition coefficient (Wildman–Crippen LogP) is 9.45. The van der Waals surface area contributed by atoms with Crippen molar-refractivity contribution >= 4 is 64.9 Å². The van der Waals surface area contributed by atoms with Crippen LogP contribution in [0, 0.1) is 0 Å². The van der Waals surface area contributed by atoms with Gasteiger partial charge >= 0.3 is 20.9 Å². The summed E-state index contributed by atoms with van der Waals surface area (Å²) in [5, 5.41) is 0.925. The van der Waals surface area contributed by atoms with E-state index in [1.807, 2.05) is 36.4 Å². The molecular formula is C35H32BrF2NO7P2S. The Morgan fingerprint density at radius 3 is 2.08 bits per heavy atom.